The molecular formula is C21H23N3O2. The second-order valence-electron chi connectivity index (χ2n) is 7.07. The van der Waals surface area contributed by atoms with Crippen molar-refractivity contribution in [2.24, 2.45) is 5.92 Å². The van der Waals surface area contributed by atoms with E-state index in [1.807, 2.05) is 53.6 Å². The molecule has 2 aromatic rings. The molecule has 2 aliphatic heterocycles. The third-order valence-electron chi connectivity index (χ3n) is 5.40. The second kappa shape index (κ2) is 7.28. The van der Waals surface area contributed by atoms with Gasteiger partial charge in [0.15, 0.2) is 0 Å². The Kier molecular flexibility index (Phi) is 4.69. The lowest BCUT2D eigenvalue weighted by Gasteiger charge is -2.37. The van der Waals surface area contributed by atoms with E-state index in [1.165, 1.54) is 0 Å². The zero-order chi connectivity index (χ0) is 17.9. The highest BCUT2D eigenvalue weighted by Gasteiger charge is 2.39. The first-order valence-corrected chi connectivity index (χ1v) is 9.30. The Hall–Kier alpha value is -2.69. The summed E-state index contributed by atoms with van der Waals surface area (Å²) >= 11 is 0. The molecule has 26 heavy (non-hydrogen) atoms. The molecule has 3 heterocycles. The molecule has 134 valence electrons. The smallest absolute Gasteiger partial charge is 0.228 e. The number of hydrogen-bond acceptors (Lipinski definition) is 3. The first-order chi connectivity index (χ1) is 12.7. The fourth-order valence-corrected chi connectivity index (χ4v) is 4.08. The molecule has 0 saturated carbocycles. The number of nitrogens with zero attached hydrogens (tertiary/aromatic N) is 3. The summed E-state index contributed by atoms with van der Waals surface area (Å²) in [6.07, 6.45) is 7.00. The molecule has 2 fully saturated rings. The molecular weight excluding hydrogens is 326 g/mol. The molecule has 1 aromatic heterocycles. The molecule has 4 rings (SSSR count). The van der Waals surface area contributed by atoms with Crippen molar-refractivity contribution in [3.8, 4) is 0 Å². The van der Waals surface area contributed by atoms with Crippen LogP contribution in [0, 0.1) is 5.92 Å². The molecule has 1 aromatic carbocycles. The monoisotopic (exact) mass is 349 g/mol. The van der Waals surface area contributed by atoms with Gasteiger partial charge in [0, 0.05) is 37.6 Å². The molecule has 0 bridgehead atoms. The summed E-state index contributed by atoms with van der Waals surface area (Å²) in [4.78, 5) is 33.6. The van der Waals surface area contributed by atoms with Crippen LogP contribution >= 0.6 is 0 Å². The van der Waals surface area contributed by atoms with E-state index in [0.29, 0.717) is 13.0 Å². The zero-order valence-electron chi connectivity index (χ0n) is 14.8. The molecule has 5 heteroatoms. The van der Waals surface area contributed by atoms with Crippen LogP contribution in [0.2, 0.25) is 0 Å². The van der Waals surface area contributed by atoms with Crippen molar-refractivity contribution in [2.45, 2.75) is 31.7 Å². The molecule has 2 saturated heterocycles. The number of likely N-dealkylation sites (tertiary alicyclic amines) is 1. The van der Waals surface area contributed by atoms with Crippen LogP contribution < -0.4 is 4.90 Å². The highest BCUT2D eigenvalue weighted by atomic mass is 16.2. The lowest BCUT2D eigenvalue weighted by Crippen LogP contribution is -2.42. The van der Waals surface area contributed by atoms with Crippen LogP contribution in [0.25, 0.3) is 0 Å². The zero-order valence-corrected chi connectivity index (χ0v) is 14.8. The molecule has 0 aliphatic carbocycles. The first-order valence-electron chi connectivity index (χ1n) is 9.30. The van der Waals surface area contributed by atoms with Crippen molar-refractivity contribution in [2.75, 3.05) is 18.0 Å². The summed E-state index contributed by atoms with van der Waals surface area (Å²) in [7, 11) is 0. The van der Waals surface area contributed by atoms with E-state index in [9.17, 15) is 9.59 Å². The van der Waals surface area contributed by atoms with Gasteiger partial charge in [0.25, 0.3) is 0 Å². The molecule has 2 atom stereocenters. The van der Waals surface area contributed by atoms with Gasteiger partial charge in [-0.2, -0.15) is 0 Å². The van der Waals surface area contributed by atoms with Crippen LogP contribution in [0.3, 0.4) is 0 Å². The number of para-hydroxylation sites is 1. The maximum atomic E-state index is 13.2. The minimum atomic E-state index is -0.264. The number of benzene rings is 1. The van der Waals surface area contributed by atoms with E-state index in [0.717, 1.165) is 37.1 Å². The van der Waals surface area contributed by atoms with Gasteiger partial charge < -0.3 is 9.80 Å². The van der Waals surface area contributed by atoms with Gasteiger partial charge in [-0.05, 0) is 43.0 Å². The molecule has 0 unspecified atom stereocenters. The Morgan fingerprint density at radius 2 is 1.92 bits per heavy atom. The molecule has 0 N–H and O–H groups in total. The summed E-state index contributed by atoms with van der Waals surface area (Å²) in [5.41, 5.74) is 1.96. The minimum Gasteiger partial charge on any atom is -0.335 e. The molecule has 5 nitrogen and oxygen atoms in total. The maximum Gasteiger partial charge on any atom is 0.228 e. The summed E-state index contributed by atoms with van der Waals surface area (Å²) in [5.74, 6) is -0.130. The second-order valence-corrected chi connectivity index (χ2v) is 7.07. The standard InChI is InChI=1S/C21H23N3O2/c25-20-13-17(15-24(20)18-8-2-1-3-9-18)21(26)23-12-5-4-10-19(23)16-7-6-11-22-14-16/h1-3,6-9,11,14,17,19H,4-5,10,12-13,15H2/t17-,19-/m0/s1. The Balaban J connectivity index is 1.52. The van der Waals surface area contributed by atoms with Crippen LogP contribution in [0.15, 0.2) is 54.9 Å². The van der Waals surface area contributed by atoms with Crippen molar-refractivity contribution >= 4 is 17.5 Å². The lowest BCUT2D eigenvalue weighted by atomic mass is 9.94. The Bertz CT molecular complexity index is 778. The van der Waals surface area contributed by atoms with Crippen molar-refractivity contribution in [1.29, 1.82) is 0 Å². The molecule has 2 aliphatic rings. The number of carbonyl (C=O) groups is 2. The number of aromatic nitrogens is 1. The average Bonchev–Trinajstić information content (AvgIpc) is 3.10. The fourth-order valence-electron chi connectivity index (χ4n) is 4.08. The third kappa shape index (κ3) is 3.21. The van der Waals surface area contributed by atoms with Gasteiger partial charge in [0.05, 0.1) is 12.0 Å². The number of carbonyl (C=O) groups excluding carboxylic acids is 2. The van der Waals surface area contributed by atoms with Crippen molar-refractivity contribution in [1.82, 2.24) is 9.88 Å². The highest BCUT2D eigenvalue weighted by molar-refractivity contribution is 6.00. The van der Waals surface area contributed by atoms with E-state index in [2.05, 4.69) is 4.98 Å². The van der Waals surface area contributed by atoms with Crippen molar-refractivity contribution in [3.63, 3.8) is 0 Å². The highest BCUT2D eigenvalue weighted by Crippen LogP contribution is 2.34. The van der Waals surface area contributed by atoms with E-state index in [4.69, 9.17) is 0 Å². The molecule has 2 amide bonds. The van der Waals surface area contributed by atoms with Crippen molar-refractivity contribution < 1.29 is 9.59 Å². The molecule has 0 radical (unpaired) electrons. The predicted octanol–water partition coefficient (Wildman–Crippen LogP) is 3.19. The van der Waals surface area contributed by atoms with Crippen molar-refractivity contribution in [3.05, 3.63) is 60.4 Å². The topological polar surface area (TPSA) is 53.5 Å². The largest absolute Gasteiger partial charge is 0.335 e. The van der Waals surface area contributed by atoms with Crippen LogP contribution in [-0.4, -0.2) is 34.8 Å². The summed E-state index contributed by atoms with van der Waals surface area (Å²) in [5, 5.41) is 0. The Morgan fingerprint density at radius 3 is 2.69 bits per heavy atom. The van der Waals surface area contributed by atoms with Gasteiger partial charge in [-0.15, -0.1) is 0 Å². The Labute approximate surface area is 153 Å². The number of anilines is 1. The van der Waals surface area contributed by atoms with Crippen LogP contribution in [-0.2, 0) is 9.59 Å². The summed E-state index contributed by atoms with van der Waals surface area (Å²) < 4.78 is 0. The summed E-state index contributed by atoms with van der Waals surface area (Å²) in [6.45, 7) is 1.23. The van der Waals surface area contributed by atoms with Gasteiger partial charge in [0.1, 0.15) is 0 Å². The molecule has 0 spiro atoms. The quantitative estimate of drug-likeness (QED) is 0.855. The SMILES string of the molecule is O=C1C[C@H](C(=O)N2CCCC[C@H]2c2cccnc2)CN1c1ccccc1. The van der Waals surface area contributed by atoms with Gasteiger partial charge in [-0.25, -0.2) is 0 Å². The van der Waals surface area contributed by atoms with Gasteiger partial charge in [-0.3, -0.25) is 14.6 Å². The number of rotatable bonds is 3. The van der Waals surface area contributed by atoms with E-state index in [-0.39, 0.29) is 23.8 Å². The number of amides is 2. The van der Waals surface area contributed by atoms with Gasteiger partial charge in [0.2, 0.25) is 11.8 Å². The number of hydrogen-bond donors (Lipinski definition) is 0. The van der Waals surface area contributed by atoms with Crippen LogP contribution in [0.4, 0.5) is 5.69 Å². The normalized spacial score (nSPS) is 23.3. The van der Waals surface area contributed by atoms with Gasteiger partial charge >= 0.3 is 0 Å². The fraction of sp³-hybridized carbons (Fsp3) is 0.381. The minimum absolute atomic E-state index is 0.0319. The van der Waals surface area contributed by atoms with Crippen LogP contribution in [0.1, 0.15) is 37.3 Å². The maximum absolute atomic E-state index is 13.2. The number of piperidine rings is 1. The summed E-state index contributed by atoms with van der Waals surface area (Å²) in [6, 6.07) is 13.6. The van der Waals surface area contributed by atoms with Gasteiger partial charge in [-0.1, -0.05) is 24.3 Å². The first kappa shape index (κ1) is 16.8. The predicted molar refractivity (Wildman–Crippen MR) is 99.4 cm³/mol. The number of pyridine rings is 1. The average molecular weight is 349 g/mol. The van der Waals surface area contributed by atoms with E-state index in [1.54, 1.807) is 11.1 Å². The van der Waals surface area contributed by atoms with E-state index >= 15 is 0 Å². The lowest BCUT2D eigenvalue weighted by molar-refractivity contribution is -0.139. The van der Waals surface area contributed by atoms with Crippen LogP contribution in [0.5, 0.6) is 0 Å². The van der Waals surface area contributed by atoms with E-state index < -0.39 is 0 Å². The Morgan fingerprint density at radius 1 is 1.08 bits per heavy atom. The third-order valence-corrected chi connectivity index (χ3v) is 5.40.